The monoisotopic (exact) mass is 466 g/mol. The Hall–Kier alpha value is -4.08. The van der Waals surface area contributed by atoms with E-state index in [0.717, 1.165) is 32.4 Å². The van der Waals surface area contributed by atoms with E-state index < -0.39 is 5.76 Å². The first kappa shape index (κ1) is 23.1. The molecule has 1 fully saturated rings. The topological polar surface area (TPSA) is 127 Å². The Morgan fingerprint density at radius 1 is 1.09 bits per heavy atom. The number of hydrogen-bond donors (Lipinski definition) is 2. The molecular weight excluding hydrogens is 440 g/mol. The van der Waals surface area contributed by atoms with E-state index in [9.17, 15) is 14.4 Å². The van der Waals surface area contributed by atoms with Crippen LogP contribution in [0, 0.1) is 0 Å². The second kappa shape index (κ2) is 10.7. The molecule has 1 aliphatic heterocycles. The first-order chi connectivity index (χ1) is 16.5. The van der Waals surface area contributed by atoms with E-state index in [1.807, 2.05) is 11.8 Å². The Bertz CT molecular complexity index is 1210. The SMILES string of the molecule is CCOc1cc(C(=O)Nc2cccc(-c3noc(=O)[nH]3)c2)ccc1OCC(=O)N1CCCCC1. The molecule has 0 spiro atoms. The summed E-state index contributed by atoms with van der Waals surface area (Å²) in [4.78, 5) is 40.7. The molecule has 2 aromatic carbocycles. The molecule has 10 heteroatoms. The van der Waals surface area contributed by atoms with Gasteiger partial charge in [-0.2, -0.15) is 0 Å². The number of anilines is 1. The van der Waals surface area contributed by atoms with Crippen LogP contribution in [0.3, 0.4) is 0 Å². The van der Waals surface area contributed by atoms with Crippen molar-refractivity contribution in [3.05, 3.63) is 58.6 Å². The van der Waals surface area contributed by atoms with Crippen LogP contribution in [0.1, 0.15) is 36.5 Å². The lowest BCUT2D eigenvalue weighted by Crippen LogP contribution is -2.38. The normalized spacial score (nSPS) is 13.4. The zero-order valence-corrected chi connectivity index (χ0v) is 18.8. The van der Waals surface area contributed by atoms with Gasteiger partial charge in [-0.15, -0.1) is 0 Å². The summed E-state index contributed by atoms with van der Waals surface area (Å²) in [7, 11) is 0. The van der Waals surface area contributed by atoms with E-state index in [0.29, 0.717) is 34.9 Å². The van der Waals surface area contributed by atoms with Crippen LogP contribution in [-0.4, -0.2) is 53.2 Å². The summed E-state index contributed by atoms with van der Waals surface area (Å²) in [5, 5.41) is 6.46. The van der Waals surface area contributed by atoms with E-state index in [4.69, 9.17) is 9.47 Å². The summed E-state index contributed by atoms with van der Waals surface area (Å²) in [6.07, 6.45) is 3.17. The lowest BCUT2D eigenvalue weighted by molar-refractivity contribution is -0.134. The highest BCUT2D eigenvalue weighted by Gasteiger charge is 2.18. The number of H-pyrrole nitrogens is 1. The lowest BCUT2D eigenvalue weighted by Gasteiger charge is -2.26. The largest absolute Gasteiger partial charge is 0.490 e. The van der Waals surface area contributed by atoms with Crippen LogP contribution >= 0.6 is 0 Å². The van der Waals surface area contributed by atoms with Crippen molar-refractivity contribution in [1.29, 1.82) is 0 Å². The van der Waals surface area contributed by atoms with Crippen LogP contribution in [-0.2, 0) is 4.79 Å². The van der Waals surface area contributed by atoms with Gasteiger partial charge >= 0.3 is 5.76 Å². The van der Waals surface area contributed by atoms with E-state index in [1.54, 1.807) is 42.5 Å². The van der Waals surface area contributed by atoms with Crippen LogP contribution in [0.5, 0.6) is 11.5 Å². The van der Waals surface area contributed by atoms with Crippen LogP contribution < -0.4 is 20.5 Å². The van der Waals surface area contributed by atoms with Crippen LogP contribution in [0.2, 0.25) is 0 Å². The van der Waals surface area contributed by atoms with Crippen molar-refractivity contribution in [3.63, 3.8) is 0 Å². The number of hydrogen-bond acceptors (Lipinski definition) is 7. The molecule has 3 aromatic rings. The van der Waals surface area contributed by atoms with Crippen molar-refractivity contribution < 1.29 is 23.6 Å². The van der Waals surface area contributed by atoms with Crippen molar-refractivity contribution in [2.24, 2.45) is 0 Å². The number of likely N-dealkylation sites (tertiary alicyclic amines) is 1. The maximum absolute atomic E-state index is 12.8. The first-order valence-electron chi connectivity index (χ1n) is 11.2. The third-order valence-corrected chi connectivity index (χ3v) is 5.40. The summed E-state index contributed by atoms with van der Waals surface area (Å²) < 4.78 is 15.9. The van der Waals surface area contributed by atoms with Crippen LogP contribution in [0.25, 0.3) is 11.4 Å². The average Bonchev–Trinajstić information content (AvgIpc) is 3.30. The molecule has 2 heterocycles. The summed E-state index contributed by atoms with van der Waals surface area (Å²) in [5.74, 6) is -0.0237. The van der Waals surface area contributed by atoms with Gasteiger partial charge in [0.1, 0.15) is 0 Å². The van der Waals surface area contributed by atoms with Gasteiger partial charge in [-0.1, -0.05) is 17.3 Å². The number of nitrogens with zero attached hydrogens (tertiary/aromatic N) is 2. The Morgan fingerprint density at radius 2 is 1.91 bits per heavy atom. The molecule has 4 rings (SSSR count). The van der Waals surface area contributed by atoms with Gasteiger partial charge < -0.3 is 19.7 Å². The number of benzene rings is 2. The summed E-state index contributed by atoms with van der Waals surface area (Å²) >= 11 is 0. The van der Waals surface area contributed by atoms with Gasteiger partial charge in [0.2, 0.25) is 0 Å². The summed E-state index contributed by atoms with van der Waals surface area (Å²) in [6, 6.07) is 11.6. The third kappa shape index (κ3) is 5.64. The minimum atomic E-state index is -0.659. The molecule has 0 radical (unpaired) electrons. The zero-order chi connectivity index (χ0) is 23.9. The predicted octanol–water partition coefficient (Wildman–Crippen LogP) is 3.07. The number of carbonyl (C=O) groups excluding carboxylic acids is 2. The molecule has 0 aliphatic carbocycles. The molecular formula is C24H26N4O6. The number of nitrogens with one attached hydrogen (secondary N) is 2. The summed E-state index contributed by atoms with van der Waals surface area (Å²) in [5.41, 5.74) is 1.45. The highest BCUT2D eigenvalue weighted by molar-refractivity contribution is 6.04. The van der Waals surface area contributed by atoms with Crippen molar-refractivity contribution >= 4 is 17.5 Å². The molecule has 2 N–H and O–H groups in total. The first-order valence-corrected chi connectivity index (χ1v) is 11.2. The number of carbonyl (C=O) groups is 2. The van der Waals surface area contributed by atoms with Crippen molar-refractivity contribution in [2.45, 2.75) is 26.2 Å². The molecule has 0 atom stereocenters. The van der Waals surface area contributed by atoms with Gasteiger partial charge in [0, 0.05) is 29.9 Å². The van der Waals surface area contributed by atoms with Gasteiger partial charge in [-0.25, -0.2) is 4.79 Å². The van der Waals surface area contributed by atoms with E-state index >= 15 is 0 Å². The van der Waals surface area contributed by atoms with Gasteiger partial charge in [0.25, 0.3) is 11.8 Å². The number of aromatic nitrogens is 2. The second-order valence-corrected chi connectivity index (χ2v) is 7.80. The minimum Gasteiger partial charge on any atom is -0.490 e. The highest BCUT2D eigenvalue weighted by Crippen LogP contribution is 2.29. The van der Waals surface area contributed by atoms with Gasteiger partial charge in [0.05, 0.1) is 6.61 Å². The number of amides is 2. The number of aromatic amines is 1. The Morgan fingerprint density at radius 3 is 2.65 bits per heavy atom. The molecule has 34 heavy (non-hydrogen) atoms. The van der Waals surface area contributed by atoms with Gasteiger partial charge in [-0.05, 0) is 56.5 Å². The fraction of sp³-hybridized carbons (Fsp3) is 0.333. The molecule has 1 aliphatic rings. The minimum absolute atomic E-state index is 0.0580. The van der Waals surface area contributed by atoms with E-state index in [2.05, 4.69) is 20.0 Å². The van der Waals surface area contributed by atoms with Crippen molar-refractivity contribution in [1.82, 2.24) is 15.0 Å². The molecule has 178 valence electrons. The third-order valence-electron chi connectivity index (χ3n) is 5.40. The molecule has 1 aromatic heterocycles. The average molecular weight is 466 g/mol. The molecule has 10 nitrogen and oxygen atoms in total. The maximum atomic E-state index is 12.8. The second-order valence-electron chi connectivity index (χ2n) is 7.80. The Balaban J connectivity index is 1.44. The highest BCUT2D eigenvalue weighted by atomic mass is 16.5. The molecule has 0 saturated carbocycles. The fourth-order valence-corrected chi connectivity index (χ4v) is 3.71. The van der Waals surface area contributed by atoms with Crippen molar-refractivity contribution in [2.75, 3.05) is 31.6 Å². The Labute approximate surface area is 195 Å². The summed E-state index contributed by atoms with van der Waals surface area (Å²) in [6.45, 7) is 3.64. The fourth-order valence-electron chi connectivity index (χ4n) is 3.71. The number of rotatable bonds is 8. The molecule has 0 unspecified atom stereocenters. The molecule has 0 bridgehead atoms. The van der Waals surface area contributed by atoms with Crippen LogP contribution in [0.4, 0.5) is 5.69 Å². The maximum Gasteiger partial charge on any atom is 0.439 e. The molecule has 2 amide bonds. The van der Waals surface area contributed by atoms with Gasteiger partial charge in [-0.3, -0.25) is 19.1 Å². The standard InChI is InChI=1S/C24H26N4O6/c1-2-32-20-14-17(9-10-19(20)33-15-21(29)28-11-4-3-5-12-28)23(30)25-18-8-6-7-16(13-18)22-26-24(31)34-27-22/h6-10,13-14H,2-5,11-12,15H2,1H3,(H,25,30)(H,26,27,31). The lowest BCUT2D eigenvalue weighted by atomic mass is 10.1. The van der Waals surface area contributed by atoms with E-state index in [1.165, 1.54) is 0 Å². The number of piperidine rings is 1. The van der Waals surface area contributed by atoms with Crippen molar-refractivity contribution in [3.8, 4) is 22.9 Å². The molecule has 1 saturated heterocycles. The van der Waals surface area contributed by atoms with Gasteiger partial charge in [0.15, 0.2) is 23.9 Å². The smallest absolute Gasteiger partial charge is 0.439 e. The quantitative estimate of drug-likeness (QED) is 0.522. The van der Waals surface area contributed by atoms with Crippen LogP contribution in [0.15, 0.2) is 51.8 Å². The predicted molar refractivity (Wildman–Crippen MR) is 124 cm³/mol. The zero-order valence-electron chi connectivity index (χ0n) is 18.8. The number of ether oxygens (including phenoxy) is 2. The van der Waals surface area contributed by atoms with E-state index in [-0.39, 0.29) is 24.2 Å². The Kier molecular flexibility index (Phi) is 7.26.